The highest BCUT2D eigenvalue weighted by atomic mass is 35.5. The van der Waals surface area contributed by atoms with Crippen LogP contribution in [0.2, 0.25) is 0 Å². The van der Waals surface area contributed by atoms with Gasteiger partial charge in [0.1, 0.15) is 0 Å². The highest BCUT2D eigenvalue weighted by molar-refractivity contribution is 7.07. The molecule has 1 amide bonds. The molecule has 2 aliphatic rings. The summed E-state index contributed by atoms with van der Waals surface area (Å²) in [5.41, 5.74) is 1.32. The molecular formula is C19H33Cl2N3OS. The highest BCUT2D eigenvalue weighted by Crippen LogP contribution is 2.33. The third-order valence-electron chi connectivity index (χ3n) is 5.83. The summed E-state index contributed by atoms with van der Waals surface area (Å²) in [6, 6.07) is 3.05. The SMILES string of the molecule is CCN(CC)C(CNC(=O)C1CC2CCCCC2N1)c1ccsc1.Cl.Cl. The van der Waals surface area contributed by atoms with E-state index in [4.69, 9.17) is 0 Å². The minimum Gasteiger partial charge on any atom is -0.353 e. The third-order valence-corrected chi connectivity index (χ3v) is 6.53. The number of likely N-dealkylation sites (N-methyl/N-ethyl adjacent to an activating group) is 1. The molecule has 7 heteroatoms. The van der Waals surface area contributed by atoms with Gasteiger partial charge in [-0.05, 0) is 60.7 Å². The van der Waals surface area contributed by atoms with Gasteiger partial charge >= 0.3 is 0 Å². The van der Waals surface area contributed by atoms with Crippen LogP contribution in [0.3, 0.4) is 0 Å². The molecule has 26 heavy (non-hydrogen) atoms. The van der Waals surface area contributed by atoms with E-state index < -0.39 is 0 Å². The summed E-state index contributed by atoms with van der Waals surface area (Å²) in [6.07, 6.45) is 6.19. The second-order valence-corrected chi connectivity index (χ2v) is 7.92. The largest absolute Gasteiger partial charge is 0.353 e. The summed E-state index contributed by atoms with van der Waals surface area (Å²) < 4.78 is 0. The Morgan fingerprint density at radius 3 is 2.65 bits per heavy atom. The van der Waals surface area contributed by atoms with Gasteiger partial charge in [-0.1, -0.05) is 26.7 Å². The van der Waals surface area contributed by atoms with Crippen LogP contribution >= 0.6 is 36.2 Å². The maximum Gasteiger partial charge on any atom is 0.237 e. The van der Waals surface area contributed by atoms with E-state index in [1.54, 1.807) is 11.3 Å². The van der Waals surface area contributed by atoms with E-state index in [1.807, 2.05) is 0 Å². The summed E-state index contributed by atoms with van der Waals surface area (Å²) in [6.45, 7) is 7.07. The van der Waals surface area contributed by atoms with Crippen molar-refractivity contribution in [3.63, 3.8) is 0 Å². The lowest BCUT2D eigenvalue weighted by atomic mass is 9.85. The molecule has 0 spiro atoms. The first-order valence-electron chi connectivity index (χ1n) is 9.52. The molecule has 150 valence electrons. The number of nitrogens with one attached hydrogen (secondary N) is 2. The van der Waals surface area contributed by atoms with Gasteiger partial charge in [0, 0.05) is 12.6 Å². The normalized spacial score (nSPS) is 25.7. The molecular weight excluding hydrogens is 389 g/mol. The number of hydrogen-bond acceptors (Lipinski definition) is 4. The zero-order valence-electron chi connectivity index (χ0n) is 15.8. The van der Waals surface area contributed by atoms with Crippen molar-refractivity contribution in [3.8, 4) is 0 Å². The zero-order valence-corrected chi connectivity index (χ0v) is 18.2. The van der Waals surface area contributed by atoms with E-state index >= 15 is 0 Å². The fourth-order valence-corrected chi connectivity index (χ4v) is 5.14. The first kappa shape index (κ1) is 23.7. The van der Waals surface area contributed by atoms with Crippen LogP contribution in [-0.4, -0.2) is 42.5 Å². The van der Waals surface area contributed by atoms with Crippen LogP contribution < -0.4 is 10.6 Å². The van der Waals surface area contributed by atoms with Crippen LogP contribution in [0.1, 0.15) is 57.6 Å². The van der Waals surface area contributed by atoms with Crippen LogP contribution in [0.15, 0.2) is 16.8 Å². The molecule has 4 unspecified atom stereocenters. The summed E-state index contributed by atoms with van der Waals surface area (Å²) >= 11 is 1.73. The fourth-order valence-electron chi connectivity index (χ4n) is 4.43. The lowest BCUT2D eigenvalue weighted by Gasteiger charge is -2.30. The van der Waals surface area contributed by atoms with E-state index in [0.29, 0.717) is 18.5 Å². The average molecular weight is 422 g/mol. The number of rotatable bonds is 7. The molecule has 4 nitrogen and oxygen atoms in total. The predicted octanol–water partition coefficient (Wildman–Crippen LogP) is 4.01. The van der Waals surface area contributed by atoms with Gasteiger partial charge in [0.2, 0.25) is 5.91 Å². The summed E-state index contributed by atoms with van der Waals surface area (Å²) in [5, 5.41) is 11.1. The molecule has 1 aliphatic heterocycles. The Morgan fingerprint density at radius 1 is 1.31 bits per heavy atom. The first-order chi connectivity index (χ1) is 11.7. The molecule has 2 heterocycles. The van der Waals surface area contributed by atoms with Gasteiger partial charge in [-0.3, -0.25) is 9.69 Å². The van der Waals surface area contributed by atoms with Crippen LogP contribution in [0.4, 0.5) is 0 Å². The lowest BCUT2D eigenvalue weighted by molar-refractivity contribution is -0.123. The van der Waals surface area contributed by atoms with Gasteiger partial charge in [0.15, 0.2) is 0 Å². The lowest BCUT2D eigenvalue weighted by Crippen LogP contribution is -2.46. The molecule has 0 aromatic carbocycles. The maximum atomic E-state index is 12.7. The maximum absolute atomic E-state index is 12.7. The molecule has 1 aromatic heterocycles. The number of carbonyl (C=O) groups is 1. The van der Waals surface area contributed by atoms with E-state index in [1.165, 1.54) is 31.2 Å². The van der Waals surface area contributed by atoms with Crippen LogP contribution in [0, 0.1) is 5.92 Å². The Labute approximate surface area is 174 Å². The molecule has 1 aliphatic carbocycles. The molecule has 2 fully saturated rings. The average Bonchev–Trinajstić information content (AvgIpc) is 3.27. The number of nitrogens with zero attached hydrogens (tertiary/aromatic N) is 1. The van der Waals surface area contributed by atoms with Crippen molar-refractivity contribution in [2.24, 2.45) is 5.92 Å². The van der Waals surface area contributed by atoms with E-state index in [0.717, 1.165) is 19.5 Å². The van der Waals surface area contributed by atoms with Crippen molar-refractivity contribution in [2.75, 3.05) is 19.6 Å². The molecule has 0 bridgehead atoms. The van der Waals surface area contributed by atoms with Crippen molar-refractivity contribution in [1.82, 2.24) is 15.5 Å². The Morgan fingerprint density at radius 2 is 2.04 bits per heavy atom. The number of thiophene rings is 1. The summed E-state index contributed by atoms with van der Waals surface area (Å²) in [4.78, 5) is 15.1. The fraction of sp³-hybridized carbons (Fsp3) is 0.737. The molecule has 1 saturated heterocycles. The van der Waals surface area contributed by atoms with Gasteiger partial charge < -0.3 is 10.6 Å². The number of hydrogen-bond donors (Lipinski definition) is 2. The molecule has 3 rings (SSSR count). The Bertz CT molecular complexity index is 511. The zero-order chi connectivity index (χ0) is 16.9. The van der Waals surface area contributed by atoms with Crippen LogP contribution in [-0.2, 0) is 4.79 Å². The van der Waals surface area contributed by atoms with Gasteiger partial charge in [0.25, 0.3) is 0 Å². The second kappa shape index (κ2) is 11.5. The van der Waals surface area contributed by atoms with Crippen LogP contribution in [0.5, 0.6) is 0 Å². The summed E-state index contributed by atoms with van der Waals surface area (Å²) in [7, 11) is 0. The monoisotopic (exact) mass is 421 g/mol. The number of halogens is 2. The molecule has 1 aromatic rings. The van der Waals surface area contributed by atoms with Crippen molar-refractivity contribution < 1.29 is 4.79 Å². The standard InChI is InChI=1S/C19H31N3OS.2ClH/c1-3-22(4-2)18(15-9-10-24-13-15)12-20-19(23)17-11-14-7-5-6-8-16(14)21-17;;/h9-10,13-14,16-18,21H,3-8,11-12H2,1-2H3,(H,20,23);2*1H. The van der Waals surface area contributed by atoms with E-state index in [-0.39, 0.29) is 42.8 Å². The van der Waals surface area contributed by atoms with Crippen molar-refractivity contribution in [2.45, 2.75) is 64.1 Å². The molecule has 1 saturated carbocycles. The third kappa shape index (κ3) is 5.59. The predicted molar refractivity (Wildman–Crippen MR) is 115 cm³/mol. The second-order valence-electron chi connectivity index (χ2n) is 7.14. The summed E-state index contributed by atoms with van der Waals surface area (Å²) in [5.74, 6) is 0.904. The van der Waals surface area contributed by atoms with E-state index in [9.17, 15) is 4.79 Å². The van der Waals surface area contributed by atoms with Gasteiger partial charge in [-0.15, -0.1) is 24.8 Å². The number of amides is 1. The van der Waals surface area contributed by atoms with Crippen molar-refractivity contribution in [1.29, 1.82) is 0 Å². The van der Waals surface area contributed by atoms with Crippen LogP contribution in [0.25, 0.3) is 0 Å². The number of carbonyl (C=O) groups excluding carboxylic acids is 1. The van der Waals surface area contributed by atoms with Crippen molar-refractivity contribution in [3.05, 3.63) is 22.4 Å². The molecule has 2 N–H and O–H groups in total. The van der Waals surface area contributed by atoms with Gasteiger partial charge in [-0.2, -0.15) is 11.3 Å². The first-order valence-corrected chi connectivity index (χ1v) is 10.5. The highest BCUT2D eigenvalue weighted by Gasteiger charge is 2.38. The van der Waals surface area contributed by atoms with Crippen molar-refractivity contribution >= 4 is 42.1 Å². The smallest absolute Gasteiger partial charge is 0.237 e. The molecule has 4 atom stereocenters. The topological polar surface area (TPSA) is 44.4 Å². The minimum atomic E-state index is 0. The Kier molecular flexibility index (Phi) is 10.5. The quantitative estimate of drug-likeness (QED) is 0.698. The Hall–Kier alpha value is -0.330. The molecule has 0 radical (unpaired) electrons. The van der Waals surface area contributed by atoms with E-state index in [2.05, 4.69) is 46.2 Å². The minimum absolute atomic E-state index is 0. The Balaban J connectivity index is 0.00000169. The van der Waals surface area contributed by atoms with Gasteiger partial charge in [0.05, 0.1) is 12.1 Å². The number of fused-ring (bicyclic) bond motifs is 1. The van der Waals surface area contributed by atoms with Gasteiger partial charge in [-0.25, -0.2) is 0 Å².